The highest BCUT2D eigenvalue weighted by atomic mass is 16.5. The topological polar surface area (TPSA) is 66.8 Å². The molecule has 0 aliphatic rings. The maximum Gasteiger partial charge on any atom is 0.308 e. The van der Waals surface area contributed by atoms with Crippen molar-refractivity contribution >= 4 is 11.9 Å². The third kappa shape index (κ3) is 5.70. The van der Waals surface area contributed by atoms with Crippen molar-refractivity contribution in [3.63, 3.8) is 0 Å². The van der Waals surface area contributed by atoms with Crippen LogP contribution in [0.4, 0.5) is 0 Å². The molecule has 0 aromatic rings. The lowest BCUT2D eigenvalue weighted by atomic mass is 10.1. The Morgan fingerprint density at radius 1 is 1.44 bits per heavy atom. The largest absolute Gasteiger partial charge is 0.481 e. The van der Waals surface area contributed by atoms with Crippen molar-refractivity contribution in [2.75, 3.05) is 26.8 Å². The lowest BCUT2D eigenvalue weighted by Crippen LogP contribution is -2.37. The molecule has 5 nitrogen and oxygen atoms in total. The first-order valence-corrected chi connectivity index (χ1v) is 5.52. The van der Waals surface area contributed by atoms with Gasteiger partial charge in [-0.25, -0.2) is 0 Å². The summed E-state index contributed by atoms with van der Waals surface area (Å²) >= 11 is 0. The number of carbonyl (C=O) groups excluding carboxylic acids is 1. The summed E-state index contributed by atoms with van der Waals surface area (Å²) in [4.78, 5) is 23.9. The van der Waals surface area contributed by atoms with E-state index in [0.29, 0.717) is 19.6 Å². The van der Waals surface area contributed by atoms with Crippen molar-refractivity contribution in [2.45, 2.75) is 26.7 Å². The van der Waals surface area contributed by atoms with Crippen molar-refractivity contribution in [1.82, 2.24) is 4.90 Å². The first-order valence-electron chi connectivity index (χ1n) is 5.52. The van der Waals surface area contributed by atoms with E-state index in [-0.39, 0.29) is 12.5 Å². The monoisotopic (exact) mass is 231 g/mol. The summed E-state index contributed by atoms with van der Waals surface area (Å²) in [7, 11) is 1.60. The maximum atomic E-state index is 11.6. The molecular weight excluding hydrogens is 210 g/mol. The fourth-order valence-electron chi connectivity index (χ4n) is 1.35. The minimum Gasteiger partial charge on any atom is -0.481 e. The Morgan fingerprint density at radius 3 is 2.50 bits per heavy atom. The van der Waals surface area contributed by atoms with Crippen LogP contribution in [0.1, 0.15) is 26.7 Å². The molecule has 94 valence electrons. The molecule has 0 fully saturated rings. The Morgan fingerprint density at radius 2 is 2.06 bits per heavy atom. The molecular formula is C11H21NO4. The molecule has 0 aliphatic heterocycles. The molecule has 0 bridgehead atoms. The summed E-state index contributed by atoms with van der Waals surface area (Å²) in [6.45, 7) is 4.78. The summed E-state index contributed by atoms with van der Waals surface area (Å²) in [5.41, 5.74) is 0. The van der Waals surface area contributed by atoms with Gasteiger partial charge in [0.15, 0.2) is 0 Å². The zero-order valence-corrected chi connectivity index (χ0v) is 10.2. The number of amides is 1. The second-order valence-electron chi connectivity index (χ2n) is 3.78. The second kappa shape index (κ2) is 8.10. The Labute approximate surface area is 96.4 Å². The normalized spacial score (nSPS) is 12.2. The predicted octanol–water partition coefficient (Wildman–Crippen LogP) is 0.982. The summed E-state index contributed by atoms with van der Waals surface area (Å²) < 4.78 is 4.90. The van der Waals surface area contributed by atoms with Crippen LogP contribution in [0.5, 0.6) is 0 Å². The minimum atomic E-state index is -0.874. The predicted molar refractivity (Wildman–Crippen MR) is 60.2 cm³/mol. The fourth-order valence-corrected chi connectivity index (χ4v) is 1.35. The number of aliphatic carboxylic acids is 1. The molecule has 1 amide bonds. The molecule has 0 rings (SSSR count). The van der Waals surface area contributed by atoms with Crippen LogP contribution in [-0.2, 0) is 14.3 Å². The smallest absolute Gasteiger partial charge is 0.308 e. The summed E-state index contributed by atoms with van der Waals surface area (Å²) in [5.74, 6) is -1.41. The molecule has 0 saturated heterocycles. The summed E-state index contributed by atoms with van der Waals surface area (Å²) in [5, 5.41) is 8.79. The van der Waals surface area contributed by atoms with Gasteiger partial charge in [0.1, 0.15) is 0 Å². The van der Waals surface area contributed by atoms with Gasteiger partial charge in [-0.1, -0.05) is 13.8 Å². The summed E-state index contributed by atoms with van der Waals surface area (Å²) in [6, 6.07) is 0. The molecule has 0 saturated carbocycles. The van der Waals surface area contributed by atoms with Gasteiger partial charge >= 0.3 is 5.97 Å². The average molecular weight is 231 g/mol. The highest BCUT2D eigenvalue weighted by Crippen LogP contribution is 2.04. The van der Waals surface area contributed by atoms with Crippen LogP contribution in [0, 0.1) is 5.92 Å². The maximum absolute atomic E-state index is 11.6. The number of carbonyl (C=O) groups is 2. The van der Waals surface area contributed by atoms with E-state index in [4.69, 9.17) is 9.84 Å². The molecule has 0 aromatic carbocycles. The van der Waals surface area contributed by atoms with Crippen molar-refractivity contribution in [3.05, 3.63) is 0 Å². The van der Waals surface area contributed by atoms with E-state index < -0.39 is 11.9 Å². The molecule has 0 aliphatic carbocycles. The van der Waals surface area contributed by atoms with Crippen LogP contribution in [0.3, 0.4) is 0 Å². The zero-order valence-electron chi connectivity index (χ0n) is 10.2. The SMILES string of the molecule is CCC(=O)N(CCCOC)CC(C)C(=O)O. The lowest BCUT2D eigenvalue weighted by molar-refractivity contribution is -0.143. The molecule has 16 heavy (non-hydrogen) atoms. The van der Waals surface area contributed by atoms with E-state index in [9.17, 15) is 9.59 Å². The number of rotatable bonds is 8. The van der Waals surface area contributed by atoms with Gasteiger partial charge in [-0.3, -0.25) is 9.59 Å². The molecule has 1 N–H and O–H groups in total. The third-order valence-electron chi connectivity index (χ3n) is 2.35. The molecule has 5 heteroatoms. The van der Waals surface area contributed by atoms with Gasteiger partial charge in [0.25, 0.3) is 0 Å². The number of nitrogens with zero attached hydrogens (tertiary/aromatic N) is 1. The van der Waals surface area contributed by atoms with Crippen molar-refractivity contribution in [1.29, 1.82) is 0 Å². The Bertz CT molecular complexity index is 230. The van der Waals surface area contributed by atoms with Gasteiger partial charge < -0.3 is 14.7 Å². The van der Waals surface area contributed by atoms with Crippen LogP contribution < -0.4 is 0 Å². The fraction of sp³-hybridized carbons (Fsp3) is 0.818. The van der Waals surface area contributed by atoms with Crippen LogP contribution in [0.15, 0.2) is 0 Å². The van der Waals surface area contributed by atoms with Crippen LogP contribution in [0.2, 0.25) is 0 Å². The number of hydrogen-bond donors (Lipinski definition) is 1. The minimum absolute atomic E-state index is 0.01000. The molecule has 0 radical (unpaired) electrons. The van der Waals surface area contributed by atoms with Crippen molar-refractivity contribution in [2.24, 2.45) is 5.92 Å². The van der Waals surface area contributed by atoms with Crippen molar-refractivity contribution in [3.8, 4) is 0 Å². The number of carboxylic acid groups (broad SMARTS) is 1. The van der Waals surface area contributed by atoms with E-state index in [1.165, 1.54) is 0 Å². The number of methoxy groups -OCH3 is 1. The van der Waals surface area contributed by atoms with Crippen LogP contribution in [-0.4, -0.2) is 48.7 Å². The van der Waals surface area contributed by atoms with Crippen LogP contribution in [0.25, 0.3) is 0 Å². The first-order chi connectivity index (χ1) is 7.52. The number of ether oxygens (including phenoxy) is 1. The van der Waals surface area contributed by atoms with E-state index in [0.717, 1.165) is 6.42 Å². The highest BCUT2D eigenvalue weighted by Gasteiger charge is 2.18. The van der Waals surface area contributed by atoms with Gasteiger partial charge in [-0.2, -0.15) is 0 Å². The quantitative estimate of drug-likeness (QED) is 0.632. The average Bonchev–Trinajstić information content (AvgIpc) is 2.26. The molecule has 0 aromatic heterocycles. The van der Waals surface area contributed by atoms with E-state index in [1.807, 2.05) is 0 Å². The number of hydrogen-bond acceptors (Lipinski definition) is 3. The highest BCUT2D eigenvalue weighted by molar-refractivity contribution is 5.77. The Kier molecular flexibility index (Phi) is 7.54. The summed E-state index contributed by atoms with van der Waals surface area (Å²) in [6.07, 6.45) is 1.13. The Balaban J connectivity index is 4.20. The van der Waals surface area contributed by atoms with E-state index in [1.54, 1.807) is 25.9 Å². The van der Waals surface area contributed by atoms with E-state index >= 15 is 0 Å². The molecule has 1 unspecified atom stereocenters. The molecule has 1 atom stereocenters. The van der Waals surface area contributed by atoms with Gasteiger partial charge in [0, 0.05) is 33.2 Å². The second-order valence-corrected chi connectivity index (χ2v) is 3.78. The standard InChI is InChI=1S/C11H21NO4/c1-4-10(13)12(6-5-7-16-3)8-9(2)11(14)15/h9H,4-8H2,1-3H3,(H,14,15). The van der Waals surface area contributed by atoms with Gasteiger partial charge in [-0.05, 0) is 6.42 Å². The first kappa shape index (κ1) is 14.9. The van der Waals surface area contributed by atoms with Gasteiger partial charge in [0.05, 0.1) is 5.92 Å². The van der Waals surface area contributed by atoms with Crippen LogP contribution >= 0.6 is 0 Å². The third-order valence-corrected chi connectivity index (χ3v) is 2.35. The lowest BCUT2D eigenvalue weighted by Gasteiger charge is -2.24. The molecule has 0 spiro atoms. The van der Waals surface area contributed by atoms with Gasteiger partial charge in [-0.15, -0.1) is 0 Å². The van der Waals surface area contributed by atoms with Gasteiger partial charge in [0.2, 0.25) is 5.91 Å². The number of carboxylic acids is 1. The Hall–Kier alpha value is -1.10. The van der Waals surface area contributed by atoms with E-state index in [2.05, 4.69) is 0 Å². The zero-order chi connectivity index (χ0) is 12.6. The van der Waals surface area contributed by atoms with Crippen molar-refractivity contribution < 1.29 is 19.4 Å². The molecule has 0 heterocycles.